The van der Waals surface area contributed by atoms with Crippen molar-refractivity contribution in [3.8, 4) is 0 Å². The second-order valence-corrected chi connectivity index (χ2v) is 5.91. The summed E-state index contributed by atoms with van der Waals surface area (Å²) >= 11 is 0. The van der Waals surface area contributed by atoms with Gasteiger partial charge in [0.25, 0.3) is 0 Å². The van der Waals surface area contributed by atoms with Crippen molar-refractivity contribution in [3.05, 3.63) is 0 Å². The van der Waals surface area contributed by atoms with Crippen LogP contribution in [0.2, 0.25) is 0 Å². The maximum Gasteiger partial charge on any atom is 0.408 e. The number of rotatable bonds is 6. The molecular formula is C14H25NO6. The first-order chi connectivity index (χ1) is 9.83. The van der Waals surface area contributed by atoms with E-state index in [2.05, 4.69) is 5.32 Å². The van der Waals surface area contributed by atoms with E-state index >= 15 is 0 Å². The molecule has 0 spiro atoms. The van der Waals surface area contributed by atoms with Gasteiger partial charge >= 0.3 is 12.1 Å². The van der Waals surface area contributed by atoms with E-state index in [-0.39, 0.29) is 12.5 Å². The Labute approximate surface area is 125 Å². The average Bonchev–Trinajstić information content (AvgIpc) is 2.87. The SMILES string of the molecule is COCCOC(=O)C(NC(=O)OC(C)(C)C)C1CCOC1. The highest BCUT2D eigenvalue weighted by molar-refractivity contribution is 5.81. The zero-order valence-corrected chi connectivity index (χ0v) is 13.1. The monoisotopic (exact) mass is 303 g/mol. The van der Waals surface area contributed by atoms with E-state index < -0.39 is 23.7 Å². The van der Waals surface area contributed by atoms with E-state index in [1.165, 1.54) is 7.11 Å². The summed E-state index contributed by atoms with van der Waals surface area (Å²) in [4.78, 5) is 24.0. The maximum absolute atomic E-state index is 12.1. The third kappa shape index (κ3) is 6.77. The minimum Gasteiger partial charge on any atom is -0.462 e. The summed E-state index contributed by atoms with van der Waals surface area (Å²) in [5.74, 6) is -0.596. The van der Waals surface area contributed by atoms with Crippen molar-refractivity contribution >= 4 is 12.1 Å². The van der Waals surface area contributed by atoms with E-state index in [0.717, 1.165) is 0 Å². The van der Waals surface area contributed by atoms with Gasteiger partial charge in [-0.15, -0.1) is 0 Å². The minimum absolute atomic E-state index is 0.104. The first kappa shape index (κ1) is 17.7. The van der Waals surface area contributed by atoms with Gasteiger partial charge in [-0.3, -0.25) is 0 Å². The van der Waals surface area contributed by atoms with Crippen LogP contribution >= 0.6 is 0 Å². The molecule has 1 saturated heterocycles. The number of hydrogen-bond donors (Lipinski definition) is 1. The molecule has 7 nitrogen and oxygen atoms in total. The number of alkyl carbamates (subject to hydrolysis) is 1. The Bertz CT molecular complexity index is 346. The van der Waals surface area contributed by atoms with Crippen LogP contribution < -0.4 is 5.32 Å². The number of amides is 1. The van der Waals surface area contributed by atoms with E-state index in [1.54, 1.807) is 20.8 Å². The Kier molecular flexibility index (Phi) is 6.91. The first-order valence-corrected chi connectivity index (χ1v) is 7.06. The Morgan fingerprint density at radius 3 is 2.57 bits per heavy atom. The highest BCUT2D eigenvalue weighted by Crippen LogP contribution is 2.18. The molecule has 1 heterocycles. The van der Waals surface area contributed by atoms with Crippen molar-refractivity contribution < 1.29 is 28.5 Å². The molecule has 7 heteroatoms. The van der Waals surface area contributed by atoms with Gasteiger partial charge in [0, 0.05) is 19.6 Å². The number of carbonyl (C=O) groups is 2. The molecule has 0 bridgehead atoms. The molecule has 0 aliphatic carbocycles. The van der Waals surface area contributed by atoms with Crippen molar-refractivity contribution in [3.63, 3.8) is 0 Å². The van der Waals surface area contributed by atoms with Crippen LogP contribution in [0.4, 0.5) is 4.79 Å². The first-order valence-electron chi connectivity index (χ1n) is 7.06. The summed E-state index contributed by atoms with van der Waals surface area (Å²) in [7, 11) is 1.52. The highest BCUT2D eigenvalue weighted by atomic mass is 16.6. The second-order valence-electron chi connectivity index (χ2n) is 5.91. The number of carbonyl (C=O) groups excluding carboxylic acids is 2. The van der Waals surface area contributed by atoms with Gasteiger partial charge in [-0.25, -0.2) is 9.59 Å². The topological polar surface area (TPSA) is 83.1 Å². The van der Waals surface area contributed by atoms with Crippen LogP contribution in [0.15, 0.2) is 0 Å². The summed E-state index contributed by atoms with van der Waals surface area (Å²) in [5, 5.41) is 2.59. The lowest BCUT2D eigenvalue weighted by molar-refractivity contribution is -0.149. The molecule has 2 unspecified atom stereocenters. The van der Waals surface area contributed by atoms with Crippen LogP contribution in [0.25, 0.3) is 0 Å². The number of nitrogens with one attached hydrogen (secondary N) is 1. The highest BCUT2D eigenvalue weighted by Gasteiger charge is 2.35. The van der Waals surface area contributed by atoms with Gasteiger partial charge in [0.1, 0.15) is 18.2 Å². The molecule has 1 rings (SSSR count). The lowest BCUT2D eigenvalue weighted by atomic mass is 9.99. The lowest BCUT2D eigenvalue weighted by Crippen LogP contribution is -2.48. The quantitative estimate of drug-likeness (QED) is 0.584. The van der Waals surface area contributed by atoms with Crippen molar-refractivity contribution in [1.29, 1.82) is 0 Å². The van der Waals surface area contributed by atoms with Gasteiger partial charge in [0.05, 0.1) is 13.2 Å². The molecular weight excluding hydrogens is 278 g/mol. The molecule has 2 atom stereocenters. The standard InChI is InChI=1S/C14H25NO6/c1-14(2,3)21-13(17)15-11(10-5-6-19-9-10)12(16)20-8-7-18-4/h10-11H,5-9H2,1-4H3,(H,15,17). The lowest BCUT2D eigenvalue weighted by Gasteiger charge is -2.25. The van der Waals surface area contributed by atoms with Crippen molar-refractivity contribution in [2.45, 2.75) is 38.8 Å². The number of ether oxygens (including phenoxy) is 4. The predicted molar refractivity (Wildman–Crippen MR) is 74.9 cm³/mol. The van der Waals surface area contributed by atoms with Crippen LogP contribution in [0.5, 0.6) is 0 Å². The van der Waals surface area contributed by atoms with Gasteiger partial charge in [0.2, 0.25) is 0 Å². The average molecular weight is 303 g/mol. The van der Waals surface area contributed by atoms with Crippen LogP contribution in [-0.4, -0.2) is 57.2 Å². The molecule has 0 aromatic carbocycles. The Hall–Kier alpha value is -1.34. The zero-order chi connectivity index (χ0) is 15.9. The van der Waals surface area contributed by atoms with E-state index in [1.807, 2.05) is 0 Å². The third-order valence-corrected chi connectivity index (χ3v) is 2.89. The fraction of sp³-hybridized carbons (Fsp3) is 0.857. The smallest absolute Gasteiger partial charge is 0.408 e. The van der Waals surface area contributed by atoms with E-state index in [9.17, 15) is 9.59 Å². The summed E-state index contributed by atoms with van der Waals surface area (Å²) in [6.07, 6.45) is 0.0583. The van der Waals surface area contributed by atoms with Crippen LogP contribution in [0, 0.1) is 5.92 Å². The second kappa shape index (κ2) is 8.19. The molecule has 21 heavy (non-hydrogen) atoms. The summed E-state index contributed by atoms with van der Waals surface area (Å²) in [5.41, 5.74) is -0.624. The number of esters is 1. The molecule has 1 fully saturated rings. The summed E-state index contributed by atoms with van der Waals surface area (Å²) in [6, 6.07) is -0.765. The molecule has 0 saturated carbocycles. The van der Waals surface area contributed by atoms with Crippen molar-refractivity contribution in [1.82, 2.24) is 5.32 Å². The van der Waals surface area contributed by atoms with Crippen LogP contribution in [0.1, 0.15) is 27.2 Å². The van der Waals surface area contributed by atoms with E-state index in [4.69, 9.17) is 18.9 Å². The normalized spacial score (nSPS) is 19.9. The van der Waals surface area contributed by atoms with Gasteiger partial charge in [-0.05, 0) is 27.2 Å². The number of hydrogen-bond acceptors (Lipinski definition) is 6. The molecule has 122 valence electrons. The molecule has 1 amide bonds. The predicted octanol–water partition coefficient (Wildman–Crippen LogP) is 1.11. The molecule has 1 aliphatic rings. The fourth-order valence-electron chi connectivity index (χ4n) is 1.93. The Morgan fingerprint density at radius 2 is 2.05 bits per heavy atom. The third-order valence-electron chi connectivity index (χ3n) is 2.89. The Balaban J connectivity index is 2.59. The zero-order valence-electron chi connectivity index (χ0n) is 13.1. The number of methoxy groups -OCH3 is 1. The van der Waals surface area contributed by atoms with Gasteiger partial charge < -0.3 is 24.3 Å². The van der Waals surface area contributed by atoms with Crippen LogP contribution in [-0.2, 0) is 23.7 Å². The fourth-order valence-corrected chi connectivity index (χ4v) is 1.93. The molecule has 0 aromatic heterocycles. The molecule has 0 aromatic rings. The Morgan fingerprint density at radius 1 is 1.33 bits per heavy atom. The van der Waals surface area contributed by atoms with Crippen molar-refractivity contribution in [2.24, 2.45) is 5.92 Å². The summed E-state index contributed by atoms with van der Waals surface area (Å²) < 4.78 is 20.4. The molecule has 0 radical (unpaired) electrons. The van der Waals surface area contributed by atoms with Gasteiger partial charge in [-0.1, -0.05) is 0 Å². The largest absolute Gasteiger partial charge is 0.462 e. The van der Waals surface area contributed by atoms with E-state index in [0.29, 0.717) is 26.2 Å². The van der Waals surface area contributed by atoms with Gasteiger partial charge in [-0.2, -0.15) is 0 Å². The maximum atomic E-state index is 12.1. The molecule has 1 aliphatic heterocycles. The van der Waals surface area contributed by atoms with Gasteiger partial charge in [0.15, 0.2) is 0 Å². The van der Waals surface area contributed by atoms with Crippen LogP contribution in [0.3, 0.4) is 0 Å². The summed E-state index contributed by atoms with van der Waals surface area (Å²) in [6.45, 7) is 6.73. The minimum atomic E-state index is -0.765. The molecule has 1 N–H and O–H groups in total. The van der Waals surface area contributed by atoms with Crippen molar-refractivity contribution in [2.75, 3.05) is 33.5 Å².